The Bertz CT molecular complexity index is 460. The van der Waals surface area contributed by atoms with Crippen LogP contribution in [0.25, 0.3) is 0 Å². The first-order chi connectivity index (χ1) is 9.05. The van der Waals surface area contributed by atoms with Gasteiger partial charge in [-0.1, -0.05) is 37.6 Å². The van der Waals surface area contributed by atoms with Gasteiger partial charge in [-0.05, 0) is 36.0 Å². The summed E-state index contributed by atoms with van der Waals surface area (Å²) in [5.41, 5.74) is 1.43. The highest BCUT2D eigenvalue weighted by atomic mass is 127. The topological polar surface area (TPSA) is 36.4 Å². The lowest BCUT2D eigenvalue weighted by atomic mass is 9.86. The zero-order chi connectivity index (χ0) is 13.7. The molecule has 1 aliphatic heterocycles. The van der Waals surface area contributed by atoms with Crippen LogP contribution in [0.2, 0.25) is 5.02 Å². The highest BCUT2D eigenvalue weighted by molar-refractivity contribution is 14.0. The summed E-state index contributed by atoms with van der Waals surface area (Å²) in [6, 6.07) is 8.09. The molecule has 0 amide bonds. The first kappa shape index (κ1) is 17.6. The number of guanidine groups is 1. The van der Waals surface area contributed by atoms with Crippen molar-refractivity contribution in [2.45, 2.75) is 26.7 Å². The van der Waals surface area contributed by atoms with Crippen molar-refractivity contribution in [2.24, 2.45) is 10.4 Å². The van der Waals surface area contributed by atoms with Crippen LogP contribution in [0.5, 0.6) is 0 Å². The molecule has 1 aromatic rings. The summed E-state index contributed by atoms with van der Waals surface area (Å²) in [6.45, 7) is 7.34. The molecule has 0 unspecified atom stereocenters. The Balaban J connectivity index is 0.00000200. The largest absolute Gasteiger partial charge is 0.356 e. The van der Waals surface area contributed by atoms with Crippen LogP contribution in [0.1, 0.15) is 25.8 Å². The number of halogens is 2. The van der Waals surface area contributed by atoms with Crippen LogP contribution >= 0.6 is 35.6 Å². The molecular formula is C15H23ClIN3. The molecule has 0 aromatic heterocycles. The molecule has 0 saturated heterocycles. The van der Waals surface area contributed by atoms with Crippen molar-refractivity contribution < 1.29 is 0 Å². The highest BCUT2D eigenvalue weighted by Crippen LogP contribution is 2.22. The Labute approximate surface area is 143 Å². The minimum atomic E-state index is 0. The van der Waals surface area contributed by atoms with E-state index in [1.165, 1.54) is 5.56 Å². The summed E-state index contributed by atoms with van der Waals surface area (Å²) in [4.78, 5) is 4.43. The van der Waals surface area contributed by atoms with Gasteiger partial charge < -0.3 is 10.6 Å². The first-order valence-electron chi connectivity index (χ1n) is 6.82. The van der Waals surface area contributed by atoms with Gasteiger partial charge in [-0.15, -0.1) is 24.0 Å². The van der Waals surface area contributed by atoms with Gasteiger partial charge in [-0.3, -0.25) is 4.99 Å². The average Bonchev–Trinajstić information content (AvgIpc) is 2.37. The summed E-state index contributed by atoms with van der Waals surface area (Å²) >= 11 is 6.03. The van der Waals surface area contributed by atoms with E-state index in [1.54, 1.807) is 0 Å². The van der Waals surface area contributed by atoms with Crippen LogP contribution in [0.15, 0.2) is 29.3 Å². The molecule has 0 aliphatic carbocycles. The third kappa shape index (κ3) is 5.87. The lowest BCUT2D eigenvalue weighted by Gasteiger charge is -2.27. The summed E-state index contributed by atoms with van der Waals surface area (Å²) in [5.74, 6) is 0.936. The summed E-state index contributed by atoms with van der Waals surface area (Å²) in [5, 5.41) is 7.49. The Morgan fingerprint density at radius 2 is 2.20 bits per heavy atom. The second kappa shape index (κ2) is 8.08. The van der Waals surface area contributed by atoms with Gasteiger partial charge in [-0.25, -0.2) is 0 Å². The van der Waals surface area contributed by atoms with Crippen molar-refractivity contribution in [2.75, 3.05) is 19.6 Å². The lowest BCUT2D eigenvalue weighted by Crippen LogP contribution is -2.44. The summed E-state index contributed by atoms with van der Waals surface area (Å²) < 4.78 is 0. The fourth-order valence-corrected chi connectivity index (χ4v) is 2.45. The molecule has 0 atom stereocenters. The van der Waals surface area contributed by atoms with Crippen molar-refractivity contribution in [3.8, 4) is 0 Å². The van der Waals surface area contributed by atoms with E-state index in [4.69, 9.17) is 11.6 Å². The molecule has 1 aliphatic rings. The molecule has 1 aromatic carbocycles. The maximum Gasteiger partial charge on any atom is 0.191 e. The van der Waals surface area contributed by atoms with Gasteiger partial charge >= 0.3 is 0 Å². The van der Waals surface area contributed by atoms with Crippen molar-refractivity contribution in [1.82, 2.24) is 10.6 Å². The van der Waals surface area contributed by atoms with Crippen molar-refractivity contribution in [3.05, 3.63) is 34.9 Å². The molecule has 1 heterocycles. The van der Waals surface area contributed by atoms with Crippen molar-refractivity contribution in [1.29, 1.82) is 0 Å². The van der Waals surface area contributed by atoms with E-state index in [9.17, 15) is 0 Å². The SMILES string of the molecule is CC(C)(CNC1=NCCCN1)Cc1cccc(Cl)c1.I. The van der Waals surface area contributed by atoms with Gasteiger partial charge in [0.15, 0.2) is 5.96 Å². The van der Waals surface area contributed by atoms with Crippen LogP contribution < -0.4 is 10.6 Å². The van der Waals surface area contributed by atoms with Crippen LogP contribution in [0, 0.1) is 5.41 Å². The third-order valence-corrected chi connectivity index (χ3v) is 3.44. The smallest absolute Gasteiger partial charge is 0.191 e. The molecule has 0 fully saturated rings. The quantitative estimate of drug-likeness (QED) is 0.750. The predicted molar refractivity (Wildman–Crippen MR) is 97.3 cm³/mol. The van der Waals surface area contributed by atoms with E-state index >= 15 is 0 Å². The summed E-state index contributed by atoms with van der Waals surface area (Å²) in [7, 11) is 0. The highest BCUT2D eigenvalue weighted by Gasteiger charge is 2.19. The molecule has 0 radical (unpaired) electrons. The van der Waals surface area contributed by atoms with E-state index in [-0.39, 0.29) is 29.4 Å². The zero-order valence-electron chi connectivity index (χ0n) is 12.1. The van der Waals surface area contributed by atoms with E-state index < -0.39 is 0 Å². The summed E-state index contributed by atoms with van der Waals surface area (Å²) in [6.07, 6.45) is 2.12. The van der Waals surface area contributed by atoms with Gasteiger partial charge in [-0.2, -0.15) is 0 Å². The number of hydrogen-bond donors (Lipinski definition) is 2. The number of nitrogens with one attached hydrogen (secondary N) is 2. The van der Waals surface area contributed by atoms with Crippen LogP contribution in [-0.2, 0) is 6.42 Å². The number of hydrogen-bond acceptors (Lipinski definition) is 3. The second-order valence-corrected chi connectivity index (χ2v) is 6.27. The Hall–Kier alpha value is -0.490. The molecule has 0 bridgehead atoms. The van der Waals surface area contributed by atoms with Gasteiger partial charge in [0.2, 0.25) is 0 Å². The Morgan fingerprint density at radius 1 is 1.40 bits per heavy atom. The van der Waals surface area contributed by atoms with E-state index in [0.717, 1.165) is 43.5 Å². The normalized spacial score (nSPS) is 14.8. The van der Waals surface area contributed by atoms with Crippen LogP contribution in [0.4, 0.5) is 0 Å². The van der Waals surface area contributed by atoms with Crippen LogP contribution in [-0.4, -0.2) is 25.6 Å². The number of aliphatic imine (C=N–C) groups is 1. The molecule has 0 saturated carbocycles. The first-order valence-corrected chi connectivity index (χ1v) is 7.20. The predicted octanol–water partition coefficient (Wildman–Crippen LogP) is 3.47. The maximum absolute atomic E-state index is 6.03. The Morgan fingerprint density at radius 3 is 2.85 bits per heavy atom. The molecule has 2 N–H and O–H groups in total. The fraction of sp³-hybridized carbons (Fsp3) is 0.533. The van der Waals surface area contributed by atoms with Gasteiger partial charge in [0.1, 0.15) is 0 Å². The van der Waals surface area contributed by atoms with Gasteiger partial charge in [0.25, 0.3) is 0 Å². The third-order valence-electron chi connectivity index (χ3n) is 3.20. The minimum Gasteiger partial charge on any atom is -0.356 e. The standard InChI is InChI=1S/C15H22ClN3.HI/c1-15(2,10-12-5-3-6-13(16)9-12)11-19-14-17-7-4-8-18-14;/h3,5-6,9H,4,7-8,10-11H2,1-2H3,(H2,17,18,19);1H. The minimum absolute atomic E-state index is 0. The molecule has 20 heavy (non-hydrogen) atoms. The Kier molecular flexibility index (Phi) is 7.09. The molecule has 2 rings (SSSR count). The number of benzene rings is 1. The molecule has 112 valence electrons. The monoisotopic (exact) mass is 407 g/mol. The molecule has 5 heteroatoms. The fourth-order valence-electron chi connectivity index (χ4n) is 2.24. The maximum atomic E-state index is 6.03. The van der Waals surface area contributed by atoms with E-state index in [0.29, 0.717) is 0 Å². The number of rotatable bonds is 4. The van der Waals surface area contributed by atoms with E-state index in [1.807, 2.05) is 18.2 Å². The van der Waals surface area contributed by atoms with Crippen LogP contribution in [0.3, 0.4) is 0 Å². The van der Waals surface area contributed by atoms with Gasteiger partial charge in [0, 0.05) is 24.7 Å². The van der Waals surface area contributed by atoms with Gasteiger partial charge in [0.05, 0.1) is 0 Å². The molecule has 3 nitrogen and oxygen atoms in total. The average molecular weight is 408 g/mol. The molecule has 0 spiro atoms. The van der Waals surface area contributed by atoms with Crippen molar-refractivity contribution in [3.63, 3.8) is 0 Å². The second-order valence-electron chi connectivity index (χ2n) is 5.84. The zero-order valence-corrected chi connectivity index (χ0v) is 15.2. The lowest BCUT2D eigenvalue weighted by molar-refractivity contribution is 0.358. The molecular weight excluding hydrogens is 385 g/mol. The van der Waals surface area contributed by atoms with Crippen molar-refractivity contribution >= 4 is 41.5 Å². The van der Waals surface area contributed by atoms with E-state index in [2.05, 4.69) is 35.5 Å². The number of nitrogens with zero attached hydrogens (tertiary/aromatic N) is 1.